The van der Waals surface area contributed by atoms with E-state index in [9.17, 15) is 0 Å². The van der Waals surface area contributed by atoms with E-state index in [4.69, 9.17) is 9.40 Å². The maximum atomic E-state index is 5.31. The van der Waals surface area contributed by atoms with Crippen molar-refractivity contribution in [2.45, 2.75) is 19.4 Å². The van der Waals surface area contributed by atoms with Crippen LogP contribution in [0.2, 0.25) is 0 Å². The molecule has 6 aromatic rings. The molecular formula is C28H24N6O. The smallest absolute Gasteiger partial charge is 0.135 e. The van der Waals surface area contributed by atoms with Crippen molar-refractivity contribution >= 4 is 21.9 Å². The molecule has 1 aliphatic rings. The first-order chi connectivity index (χ1) is 17.3. The highest BCUT2D eigenvalue weighted by Crippen LogP contribution is 2.34. The summed E-state index contributed by atoms with van der Waals surface area (Å²) in [5.74, 6) is 0. The lowest BCUT2D eigenvalue weighted by molar-refractivity contribution is 0.331. The number of aromatic nitrogens is 5. The summed E-state index contributed by atoms with van der Waals surface area (Å²) < 4.78 is 5.31. The summed E-state index contributed by atoms with van der Waals surface area (Å²) in [5, 5.41) is 8.88. The van der Waals surface area contributed by atoms with Gasteiger partial charge in [-0.1, -0.05) is 12.1 Å². The van der Waals surface area contributed by atoms with Crippen LogP contribution in [-0.2, 0) is 6.54 Å². The Bertz CT molecular complexity index is 1640. The summed E-state index contributed by atoms with van der Waals surface area (Å²) in [5.41, 5.74) is 9.82. The van der Waals surface area contributed by atoms with E-state index in [1.54, 1.807) is 12.5 Å². The van der Waals surface area contributed by atoms with E-state index in [2.05, 4.69) is 49.3 Å². The lowest BCUT2D eigenvalue weighted by Crippen LogP contribution is -2.18. The quantitative estimate of drug-likeness (QED) is 0.328. The second-order valence-corrected chi connectivity index (χ2v) is 9.19. The van der Waals surface area contributed by atoms with Gasteiger partial charge < -0.3 is 9.40 Å². The number of rotatable bonds is 5. The van der Waals surface area contributed by atoms with Crippen LogP contribution in [-0.4, -0.2) is 43.1 Å². The molecule has 6 heterocycles. The van der Waals surface area contributed by atoms with Gasteiger partial charge in [-0.25, -0.2) is 4.98 Å². The fourth-order valence-corrected chi connectivity index (χ4v) is 5.11. The summed E-state index contributed by atoms with van der Waals surface area (Å²) in [7, 11) is 0. The Morgan fingerprint density at radius 3 is 2.77 bits per heavy atom. The van der Waals surface area contributed by atoms with Gasteiger partial charge in [0, 0.05) is 41.0 Å². The van der Waals surface area contributed by atoms with Crippen molar-refractivity contribution in [1.82, 2.24) is 30.0 Å². The summed E-state index contributed by atoms with van der Waals surface area (Å²) in [6.07, 6.45) is 9.89. The van der Waals surface area contributed by atoms with Gasteiger partial charge in [-0.3, -0.25) is 15.0 Å². The molecule has 172 valence electrons. The molecular weight excluding hydrogens is 436 g/mol. The molecule has 7 nitrogen and oxygen atoms in total. The third kappa shape index (κ3) is 3.61. The first-order valence-electron chi connectivity index (χ1n) is 12.0. The summed E-state index contributed by atoms with van der Waals surface area (Å²) in [4.78, 5) is 15.5. The van der Waals surface area contributed by atoms with E-state index >= 15 is 0 Å². The maximum Gasteiger partial charge on any atom is 0.135 e. The average molecular weight is 461 g/mol. The fourth-order valence-electron chi connectivity index (χ4n) is 5.11. The van der Waals surface area contributed by atoms with Crippen molar-refractivity contribution in [3.8, 4) is 33.8 Å². The third-order valence-electron chi connectivity index (χ3n) is 6.85. The number of hydrogen-bond acceptors (Lipinski definition) is 5. The van der Waals surface area contributed by atoms with E-state index < -0.39 is 0 Å². The zero-order valence-electron chi connectivity index (χ0n) is 19.2. The highest BCUT2D eigenvalue weighted by molar-refractivity contribution is 6.00. The Kier molecular flexibility index (Phi) is 4.73. The molecule has 35 heavy (non-hydrogen) atoms. The van der Waals surface area contributed by atoms with E-state index in [0.29, 0.717) is 0 Å². The normalized spacial score (nSPS) is 14.4. The molecule has 0 radical (unpaired) electrons. The Morgan fingerprint density at radius 1 is 0.943 bits per heavy atom. The van der Waals surface area contributed by atoms with Gasteiger partial charge in [0.2, 0.25) is 0 Å². The average Bonchev–Trinajstić information content (AvgIpc) is 3.70. The first kappa shape index (κ1) is 20.2. The molecule has 0 spiro atoms. The van der Waals surface area contributed by atoms with Crippen LogP contribution < -0.4 is 0 Å². The Labute approximate surface area is 201 Å². The maximum absolute atomic E-state index is 5.31. The third-order valence-corrected chi connectivity index (χ3v) is 6.85. The number of pyridine rings is 2. The van der Waals surface area contributed by atoms with Crippen LogP contribution >= 0.6 is 0 Å². The van der Waals surface area contributed by atoms with Crippen molar-refractivity contribution in [3.63, 3.8) is 0 Å². The Hall–Kier alpha value is -4.23. The lowest BCUT2D eigenvalue weighted by atomic mass is 10.0. The highest BCUT2D eigenvalue weighted by Gasteiger charge is 2.16. The molecule has 2 N–H and O–H groups in total. The van der Waals surface area contributed by atoms with Gasteiger partial charge in [-0.05, 0) is 73.5 Å². The van der Waals surface area contributed by atoms with Crippen molar-refractivity contribution in [2.75, 3.05) is 13.1 Å². The van der Waals surface area contributed by atoms with Gasteiger partial charge in [0.1, 0.15) is 11.2 Å². The number of nitrogens with one attached hydrogen (secondary N) is 2. The minimum absolute atomic E-state index is 0.803. The Balaban J connectivity index is 1.28. The standard InChI is InChI=1S/C28H24N6O/c1-2-10-34(9-1)16-18-12-20(15-29-14-18)23-6-7-25-27(31-23)28(33-32-25)26-13-22-21(19-8-11-35-17-19)4-3-5-24(22)30-26/h3-8,11-15,17,30H,1-2,9-10,16H2,(H,32,33). The molecule has 1 saturated heterocycles. The number of nitrogens with zero attached hydrogens (tertiary/aromatic N) is 4. The predicted octanol–water partition coefficient (Wildman–Crippen LogP) is 6.02. The molecule has 7 rings (SSSR count). The largest absolute Gasteiger partial charge is 0.472 e. The van der Waals surface area contributed by atoms with Gasteiger partial charge >= 0.3 is 0 Å². The van der Waals surface area contributed by atoms with Crippen LogP contribution in [0.5, 0.6) is 0 Å². The van der Waals surface area contributed by atoms with Crippen LogP contribution in [0.15, 0.2) is 77.9 Å². The number of benzene rings is 1. The molecule has 1 aromatic carbocycles. The van der Waals surface area contributed by atoms with Crippen LogP contribution in [0.4, 0.5) is 0 Å². The number of likely N-dealkylation sites (tertiary alicyclic amines) is 1. The van der Waals surface area contributed by atoms with Gasteiger partial charge in [0.05, 0.1) is 29.4 Å². The van der Waals surface area contributed by atoms with Crippen LogP contribution in [0.1, 0.15) is 18.4 Å². The predicted molar refractivity (Wildman–Crippen MR) is 137 cm³/mol. The second-order valence-electron chi connectivity index (χ2n) is 9.19. The molecule has 0 aliphatic carbocycles. The first-order valence-corrected chi connectivity index (χ1v) is 12.0. The summed E-state index contributed by atoms with van der Waals surface area (Å²) in [6, 6.07) is 16.6. The van der Waals surface area contributed by atoms with Crippen molar-refractivity contribution in [1.29, 1.82) is 0 Å². The number of furan rings is 1. The monoisotopic (exact) mass is 460 g/mol. The molecule has 7 heteroatoms. The molecule has 1 fully saturated rings. The van der Waals surface area contributed by atoms with Crippen LogP contribution in [0.3, 0.4) is 0 Å². The fraction of sp³-hybridized carbons (Fsp3) is 0.179. The van der Waals surface area contributed by atoms with Gasteiger partial charge in [0.25, 0.3) is 0 Å². The van der Waals surface area contributed by atoms with Gasteiger partial charge in [-0.15, -0.1) is 0 Å². The van der Waals surface area contributed by atoms with Crippen molar-refractivity contribution < 1.29 is 4.42 Å². The molecule has 0 unspecified atom stereocenters. The minimum Gasteiger partial charge on any atom is -0.472 e. The van der Waals surface area contributed by atoms with E-state index in [1.165, 1.54) is 31.5 Å². The molecule has 0 atom stereocenters. The molecule has 5 aromatic heterocycles. The van der Waals surface area contributed by atoms with Crippen molar-refractivity contribution in [2.24, 2.45) is 0 Å². The highest BCUT2D eigenvalue weighted by atomic mass is 16.3. The number of aromatic amines is 2. The summed E-state index contributed by atoms with van der Waals surface area (Å²) >= 11 is 0. The molecule has 0 bridgehead atoms. The van der Waals surface area contributed by atoms with Gasteiger partial charge in [0.15, 0.2) is 0 Å². The lowest BCUT2D eigenvalue weighted by Gasteiger charge is -2.14. The van der Waals surface area contributed by atoms with E-state index in [-0.39, 0.29) is 0 Å². The number of fused-ring (bicyclic) bond motifs is 2. The number of hydrogen-bond donors (Lipinski definition) is 2. The van der Waals surface area contributed by atoms with Crippen molar-refractivity contribution in [3.05, 3.63) is 79.0 Å². The Morgan fingerprint density at radius 2 is 1.89 bits per heavy atom. The summed E-state index contributed by atoms with van der Waals surface area (Å²) in [6.45, 7) is 3.27. The minimum atomic E-state index is 0.803. The number of H-pyrrole nitrogens is 2. The van der Waals surface area contributed by atoms with E-state index in [1.807, 2.05) is 36.7 Å². The zero-order chi connectivity index (χ0) is 23.2. The SMILES string of the molecule is c1cc(-c2ccoc2)c2cc(-c3n[nH]c4ccc(-c5cncc(CN6CCCC6)c5)nc34)[nH]c2c1. The molecule has 1 aliphatic heterocycles. The van der Waals surface area contributed by atoms with Gasteiger partial charge in [-0.2, -0.15) is 5.10 Å². The second kappa shape index (κ2) is 8.21. The van der Waals surface area contributed by atoms with E-state index in [0.717, 1.165) is 62.3 Å². The topological polar surface area (TPSA) is 86.6 Å². The zero-order valence-corrected chi connectivity index (χ0v) is 19.2. The molecule has 0 amide bonds. The van der Waals surface area contributed by atoms with Crippen LogP contribution in [0.25, 0.3) is 55.7 Å². The molecule has 0 saturated carbocycles. The van der Waals surface area contributed by atoms with Crippen LogP contribution in [0, 0.1) is 0 Å².